The van der Waals surface area contributed by atoms with Gasteiger partial charge in [-0.15, -0.1) is 0 Å². The second-order valence-corrected chi connectivity index (χ2v) is 2.86. The molecule has 0 radical (unpaired) electrons. The zero-order valence-electron chi connectivity index (χ0n) is 8.62. The van der Waals surface area contributed by atoms with Crippen molar-refractivity contribution in [2.24, 2.45) is 0 Å². The molecule has 0 bridgehead atoms. The first-order valence-electron chi connectivity index (χ1n) is 4.35. The number of carbonyl (C=O) groups is 3. The largest absolute Gasteiger partial charge is 0.463 e. The number of esters is 1. The average molecular weight is 198 g/mol. The van der Waals surface area contributed by atoms with Crippen LogP contribution in [-0.2, 0) is 19.1 Å². The summed E-state index contributed by atoms with van der Waals surface area (Å²) in [7, 11) is 0. The molecular weight excluding hydrogens is 184 g/mol. The Morgan fingerprint density at radius 1 is 1.21 bits per heavy atom. The Balaban J connectivity index is 4.55. The summed E-state index contributed by atoms with van der Waals surface area (Å²) in [5.74, 6) is -1.03. The molecule has 0 aliphatic rings. The third kappa shape index (κ3) is 5.24. The van der Waals surface area contributed by atoms with Crippen LogP contribution in [0.25, 0.3) is 0 Å². The minimum Gasteiger partial charge on any atom is -0.463 e. The molecule has 0 rings (SSSR count). The SMILES string of the molecule is CCOC(=O)/C=C(\CC(C)=O)C(C)=O. The van der Waals surface area contributed by atoms with Crippen molar-refractivity contribution in [3.05, 3.63) is 11.6 Å². The number of Topliss-reactive ketones (excluding diaryl/α,β-unsaturated/α-hetero) is 2. The fraction of sp³-hybridized carbons (Fsp3) is 0.500. The number of ketones is 2. The van der Waals surface area contributed by atoms with Gasteiger partial charge in [-0.05, 0) is 20.8 Å². The lowest BCUT2D eigenvalue weighted by atomic mass is 10.1. The van der Waals surface area contributed by atoms with Crippen LogP contribution in [0.3, 0.4) is 0 Å². The maximum absolute atomic E-state index is 11.0. The topological polar surface area (TPSA) is 60.4 Å². The van der Waals surface area contributed by atoms with Crippen LogP contribution in [0.5, 0.6) is 0 Å². The van der Waals surface area contributed by atoms with Gasteiger partial charge in [-0.25, -0.2) is 4.79 Å². The van der Waals surface area contributed by atoms with Gasteiger partial charge in [0.2, 0.25) is 0 Å². The molecule has 0 spiro atoms. The number of hydrogen-bond donors (Lipinski definition) is 0. The van der Waals surface area contributed by atoms with Crippen LogP contribution in [0.15, 0.2) is 11.6 Å². The zero-order valence-corrected chi connectivity index (χ0v) is 8.62. The molecule has 0 saturated heterocycles. The number of allylic oxidation sites excluding steroid dienone is 1. The van der Waals surface area contributed by atoms with E-state index in [1.165, 1.54) is 13.8 Å². The Morgan fingerprint density at radius 3 is 2.14 bits per heavy atom. The van der Waals surface area contributed by atoms with Gasteiger partial charge in [-0.3, -0.25) is 9.59 Å². The third-order valence-corrected chi connectivity index (χ3v) is 1.47. The van der Waals surface area contributed by atoms with Gasteiger partial charge >= 0.3 is 5.97 Å². The zero-order chi connectivity index (χ0) is 11.1. The molecule has 4 nitrogen and oxygen atoms in total. The monoisotopic (exact) mass is 198 g/mol. The number of rotatable bonds is 5. The van der Waals surface area contributed by atoms with Gasteiger partial charge in [0, 0.05) is 18.1 Å². The predicted molar refractivity (Wildman–Crippen MR) is 50.7 cm³/mol. The maximum atomic E-state index is 11.0. The summed E-state index contributed by atoms with van der Waals surface area (Å²) in [6.07, 6.45) is 1.06. The number of hydrogen-bond acceptors (Lipinski definition) is 4. The van der Waals surface area contributed by atoms with Crippen molar-refractivity contribution in [2.75, 3.05) is 6.61 Å². The predicted octanol–water partition coefficient (Wildman–Crippen LogP) is 1.04. The Bertz CT molecular complexity index is 276. The summed E-state index contributed by atoms with van der Waals surface area (Å²) in [5, 5.41) is 0. The van der Waals surface area contributed by atoms with E-state index >= 15 is 0 Å². The van der Waals surface area contributed by atoms with Crippen molar-refractivity contribution < 1.29 is 19.1 Å². The first-order valence-corrected chi connectivity index (χ1v) is 4.35. The van der Waals surface area contributed by atoms with Crippen LogP contribution < -0.4 is 0 Å². The smallest absolute Gasteiger partial charge is 0.331 e. The first kappa shape index (κ1) is 12.6. The Kier molecular flexibility index (Phi) is 5.44. The first-order chi connectivity index (χ1) is 6.47. The van der Waals surface area contributed by atoms with E-state index < -0.39 is 5.97 Å². The van der Waals surface area contributed by atoms with Gasteiger partial charge in [0.1, 0.15) is 5.78 Å². The molecule has 14 heavy (non-hydrogen) atoms. The van der Waals surface area contributed by atoms with Crippen LogP contribution in [0.4, 0.5) is 0 Å². The summed E-state index contributed by atoms with van der Waals surface area (Å²) >= 11 is 0. The van der Waals surface area contributed by atoms with Crippen LogP contribution in [-0.4, -0.2) is 24.1 Å². The summed E-state index contributed by atoms with van der Waals surface area (Å²) in [6, 6.07) is 0. The normalized spacial score (nSPS) is 10.9. The van der Waals surface area contributed by atoms with E-state index in [-0.39, 0.29) is 30.2 Å². The van der Waals surface area contributed by atoms with Crippen molar-refractivity contribution in [1.29, 1.82) is 0 Å². The molecule has 4 heteroatoms. The van der Waals surface area contributed by atoms with Crippen LogP contribution in [0.1, 0.15) is 27.2 Å². The lowest BCUT2D eigenvalue weighted by Gasteiger charge is -2.00. The summed E-state index contributed by atoms with van der Waals surface area (Å²) in [6.45, 7) is 4.60. The van der Waals surface area contributed by atoms with Crippen LogP contribution in [0, 0.1) is 0 Å². The van der Waals surface area contributed by atoms with E-state index in [4.69, 9.17) is 0 Å². The molecule has 0 saturated carbocycles. The molecule has 0 aromatic carbocycles. The summed E-state index contributed by atoms with van der Waals surface area (Å²) in [4.78, 5) is 32.7. The molecule has 0 aliphatic heterocycles. The molecule has 0 heterocycles. The highest BCUT2D eigenvalue weighted by atomic mass is 16.5. The lowest BCUT2D eigenvalue weighted by molar-refractivity contribution is -0.137. The lowest BCUT2D eigenvalue weighted by Crippen LogP contribution is -2.07. The van der Waals surface area contributed by atoms with Crippen molar-refractivity contribution in [1.82, 2.24) is 0 Å². The van der Waals surface area contributed by atoms with Crippen molar-refractivity contribution in [3.8, 4) is 0 Å². The fourth-order valence-corrected chi connectivity index (χ4v) is 0.872. The van der Waals surface area contributed by atoms with Gasteiger partial charge < -0.3 is 4.74 Å². The Morgan fingerprint density at radius 2 is 1.79 bits per heavy atom. The fourth-order valence-electron chi connectivity index (χ4n) is 0.872. The second-order valence-electron chi connectivity index (χ2n) is 2.86. The molecule has 0 fully saturated rings. The van der Waals surface area contributed by atoms with E-state index in [9.17, 15) is 14.4 Å². The minimum atomic E-state index is -0.584. The van der Waals surface area contributed by atoms with Gasteiger partial charge in [-0.1, -0.05) is 0 Å². The van der Waals surface area contributed by atoms with Crippen molar-refractivity contribution >= 4 is 17.5 Å². The highest BCUT2D eigenvalue weighted by molar-refractivity contribution is 6.03. The molecular formula is C10H14O4. The minimum absolute atomic E-state index is 0.0197. The highest BCUT2D eigenvalue weighted by Gasteiger charge is 2.09. The van der Waals surface area contributed by atoms with E-state index in [0.29, 0.717) is 0 Å². The quantitative estimate of drug-likeness (QED) is 0.489. The maximum Gasteiger partial charge on any atom is 0.331 e. The van der Waals surface area contributed by atoms with Gasteiger partial charge in [-0.2, -0.15) is 0 Å². The second kappa shape index (κ2) is 6.07. The molecule has 0 aromatic heterocycles. The van der Waals surface area contributed by atoms with Gasteiger partial charge in [0.25, 0.3) is 0 Å². The van der Waals surface area contributed by atoms with E-state index in [1.807, 2.05) is 0 Å². The number of ether oxygens (including phenoxy) is 1. The van der Waals surface area contributed by atoms with E-state index in [1.54, 1.807) is 6.92 Å². The third-order valence-electron chi connectivity index (χ3n) is 1.47. The molecule has 78 valence electrons. The average Bonchev–Trinajstić information content (AvgIpc) is 2.02. The molecule has 0 aliphatic carbocycles. The van der Waals surface area contributed by atoms with Gasteiger partial charge in [0.15, 0.2) is 5.78 Å². The molecule has 0 amide bonds. The summed E-state index contributed by atoms with van der Waals surface area (Å²) < 4.78 is 4.63. The van der Waals surface area contributed by atoms with Crippen LogP contribution >= 0.6 is 0 Å². The molecule has 0 atom stereocenters. The molecule has 0 aromatic rings. The molecule has 0 unspecified atom stereocenters. The van der Waals surface area contributed by atoms with E-state index in [0.717, 1.165) is 6.08 Å². The highest BCUT2D eigenvalue weighted by Crippen LogP contribution is 2.04. The standard InChI is InChI=1S/C10H14O4/c1-4-14-10(13)6-9(8(3)12)5-7(2)11/h6H,4-5H2,1-3H3/b9-6+. The van der Waals surface area contributed by atoms with Gasteiger partial charge in [0.05, 0.1) is 6.61 Å². The van der Waals surface area contributed by atoms with E-state index in [2.05, 4.69) is 4.74 Å². The molecule has 0 N–H and O–H groups in total. The summed E-state index contributed by atoms with van der Waals surface area (Å²) in [5.41, 5.74) is 0.191. The number of carbonyl (C=O) groups excluding carboxylic acids is 3. The van der Waals surface area contributed by atoms with Crippen molar-refractivity contribution in [2.45, 2.75) is 27.2 Å². The van der Waals surface area contributed by atoms with Crippen LogP contribution in [0.2, 0.25) is 0 Å². The Hall–Kier alpha value is -1.45. The van der Waals surface area contributed by atoms with Crippen molar-refractivity contribution in [3.63, 3.8) is 0 Å². The Labute approximate surface area is 82.9 Å².